The van der Waals surface area contributed by atoms with Gasteiger partial charge in [0.15, 0.2) is 0 Å². The van der Waals surface area contributed by atoms with Gasteiger partial charge >= 0.3 is 0 Å². The average molecular weight is 230 g/mol. The molecule has 5 nitrogen and oxygen atoms in total. The molecule has 2 heterocycles. The molecule has 0 aliphatic carbocycles. The second-order valence-corrected chi connectivity index (χ2v) is 5.60. The molecule has 84 valence electrons. The Kier molecular flexibility index (Phi) is 2.81. The van der Waals surface area contributed by atoms with Crippen LogP contribution in [0.25, 0.3) is 0 Å². The van der Waals surface area contributed by atoms with Gasteiger partial charge < -0.3 is 10.1 Å². The van der Waals surface area contributed by atoms with Crippen LogP contribution in [0, 0.1) is 0 Å². The molecule has 0 bridgehead atoms. The summed E-state index contributed by atoms with van der Waals surface area (Å²) in [5, 5.41) is 9.62. The van der Waals surface area contributed by atoms with Crippen LogP contribution in [0.5, 0.6) is 0 Å². The van der Waals surface area contributed by atoms with E-state index in [-0.39, 0.29) is 11.6 Å². The maximum atomic E-state index is 12.0. The van der Waals surface area contributed by atoms with Crippen molar-refractivity contribution in [1.29, 1.82) is 0 Å². The maximum Gasteiger partial charge on any atom is 0.258 e. The standard InChI is InChI=1S/C9H14N2O3S/c12-8-3-2-6-11(7-8)15(13,14)9-4-1-5-10-9/h1,4-5,8,10,12H,2-3,6-7H2. The maximum absolute atomic E-state index is 12.0. The molecule has 1 fully saturated rings. The van der Waals surface area contributed by atoms with Crippen LogP contribution >= 0.6 is 0 Å². The number of piperidine rings is 1. The summed E-state index contributed by atoms with van der Waals surface area (Å²) >= 11 is 0. The second-order valence-electron chi connectivity index (χ2n) is 3.69. The molecular formula is C9H14N2O3S. The molecule has 1 aliphatic rings. The van der Waals surface area contributed by atoms with Gasteiger partial charge in [-0.2, -0.15) is 4.31 Å². The molecule has 1 saturated heterocycles. The summed E-state index contributed by atoms with van der Waals surface area (Å²) in [6, 6.07) is 3.17. The lowest BCUT2D eigenvalue weighted by molar-refractivity contribution is 0.108. The minimum Gasteiger partial charge on any atom is -0.392 e. The molecule has 0 saturated carbocycles. The van der Waals surface area contributed by atoms with E-state index in [1.165, 1.54) is 10.4 Å². The van der Waals surface area contributed by atoms with Gasteiger partial charge in [0.1, 0.15) is 5.03 Å². The van der Waals surface area contributed by atoms with Gasteiger partial charge in [0, 0.05) is 19.3 Å². The van der Waals surface area contributed by atoms with Crippen LogP contribution in [0.3, 0.4) is 0 Å². The van der Waals surface area contributed by atoms with Gasteiger partial charge in [-0.3, -0.25) is 0 Å². The van der Waals surface area contributed by atoms with E-state index >= 15 is 0 Å². The molecule has 0 spiro atoms. The van der Waals surface area contributed by atoms with Crippen molar-refractivity contribution in [2.75, 3.05) is 13.1 Å². The zero-order valence-corrected chi connectivity index (χ0v) is 9.07. The van der Waals surface area contributed by atoms with Crippen molar-refractivity contribution >= 4 is 10.0 Å². The van der Waals surface area contributed by atoms with Crippen LogP contribution < -0.4 is 0 Å². The van der Waals surface area contributed by atoms with Gasteiger partial charge in [-0.05, 0) is 25.0 Å². The summed E-state index contributed by atoms with van der Waals surface area (Å²) in [4.78, 5) is 2.68. The van der Waals surface area contributed by atoms with Gasteiger partial charge in [0.05, 0.1) is 6.10 Å². The lowest BCUT2D eigenvalue weighted by atomic mass is 10.1. The highest BCUT2D eigenvalue weighted by Gasteiger charge is 2.29. The Morgan fingerprint density at radius 3 is 2.93 bits per heavy atom. The monoisotopic (exact) mass is 230 g/mol. The third-order valence-corrected chi connectivity index (χ3v) is 4.37. The SMILES string of the molecule is O=S(=O)(c1ccc[nH]1)N1CCCC(O)C1. The van der Waals surface area contributed by atoms with Gasteiger partial charge in [0.2, 0.25) is 0 Å². The highest BCUT2D eigenvalue weighted by atomic mass is 32.2. The fraction of sp³-hybridized carbons (Fsp3) is 0.556. The number of hydrogen-bond acceptors (Lipinski definition) is 3. The molecule has 0 radical (unpaired) electrons. The lowest BCUT2D eigenvalue weighted by Gasteiger charge is -2.28. The van der Waals surface area contributed by atoms with E-state index in [1.54, 1.807) is 12.3 Å². The van der Waals surface area contributed by atoms with E-state index in [2.05, 4.69) is 4.98 Å². The Labute approximate surface area is 88.8 Å². The number of sulfonamides is 1. The molecule has 1 aliphatic heterocycles. The Hall–Kier alpha value is -0.850. The fourth-order valence-corrected chi connectivity index (χ4v) is 3.24. The Bertz CT molecular complexity index is 413. The van der Waals surface area contributed by atoms with E-state index in [1.807, 2.05) is 0 Å². The normalized spacial score (nSPS) is 24.2. The smallest absolute Gasteiger partial charge is 0.258 e. The third kappa shape index (κ3) is 2.06. The molecule has 1 aromatic rings. The summed E-state index contributed by atoms with van der Waals surface area (Å²) in [6.07, 6.45) is 2.42. The van der Waals surface area contributed by atoms with E-state index in [0.717, 1.165) is 0 Å². The van der Waals surface area contributed by atoms with E-state index < -0.39 is 16.1 Å². The van der Waals surface area contributed by atoms with Crippen LogP contribution in [0.1, 0.15) is 12.8 Å². The molecule has 2 N–H and O–H groups in total. The number of rotatable bonds is 2. The van der Waals surface area contributed by atoms with Crippen LogP contribution in [0.4, 0.5) is 0 Å². The van der Waals surface area contributed by atoms with Crippen molar-refractivity contribution in [2.24, 2.45) is 0 Å². The quantitative estimate of drug-likeness (QED) is 0.760. The van der Waals surface area contributed by atoms with Gasteiger partial charge in [-0.15, -0.1) is 0 Å². The molecule has 15 heavy (non-hydrogen) atoms. The molecule has 1 unspecified atom stereocenters. The summed E-state index contributed by atoms with van der Waals surface area (Å²) in [7, 11) is -3.43. The number of H-pyrrole nitrogens is 1. The molecular weight excluding hydrogens is 216 g/mol. The number of nitrogens with one attached hydrogen (secondary N) is 1. The first kappa shape index (κ1) is 10.7. The highest BCUT2D eigenvalue weighted by Crippen LogP contribution is 2.19. The number of aromatic nitrogens is 1. The predicted octanol–water partition coefficient (Wildman–Crippen LogP) is 0.160. The van der Waals surface area contributed by atoms with Crippen molar-refractivity contribution in [3.05, 3.63) is 18.3 Å². The molecule has 0 aromatic carbocycles. The Balaban J connectivity index is 2.22. The first-order valence-corrected chi connectivity index (χ1v) is 6.36. The van der Waals surface area contributed by atoms with Crippen LogP contribution in [-0.2, 0) is 10.0 Å². The lowest BCUT2D eigenvalue weighted by Crippen LogP contribution is -2.42. The van der Waals surface area contributed by atoms with E-state index in [4.69, 9.17) is 0 Å². The van der Waals surface area contributed by atoms with Crippen molar-refractivity contribution < 1.29 is 13.5 Å². The molecule has 1 aromatic heterocycles. The topological polar surface area (TPSA) is 73.4 Å². The molecule has 1 atom stereocenters. The van der Waals surface area contributed by atoms with Crippen LogP contribution in [-0.4, -0.2) is 42.0 Å². The molecule has 2 rings (SSSR count). The number of hydrogen-bond donors (Lipinski definition) is 2. The van der Waals surface area contributed by atoms with Crippen molar-refractivity contribution in [1.82, 2.24) is 9.29 Å². The largest absolute Gasteiger partial charge is 0.392 e. The zero-order valence-electron chi connectivity index (χ0n) is 8.26. The van der Waals surface area contributed by atoms with E-state index in [9.17, 15) is 13.5 Å². The van der Waals surface area contributed by atoms with Gasteiger partial charge in [-0.25, -0.2) is 8.42 Å². The fourth-order valence-electron chi connectivity index (χ4n) is 1.75. The molecule has 6 heteroatoms. The molecule has 0 amide bonds. The second kappa shape index (κ2) is 3.96. The van der Waals surface area contributed by atoms with Crippen LogP contribution in [0.2, 0.25) is 0 Å². The van der Waals surface area contributed by atoms with Gasteiger partial charge in [-0.1, -0.05) is 0 Å². The Morgan fingerprint density at radius 2 is 2.33 bits per heavy atom. The number of aliphatic hydroxyl groups excluding tert-OH is 1. The minimum atomic E-state index is -3.43. The zero-order chi connectivity index (χ0) is 10.9. The van der Waals surface area contributed by atoms with Gasteiger partial charge in [0.25, 0.3) is 10.0 Å². The average Bonchev–Trinajstić information content (AvgIpc) is 2.71. The number of nitrogens with zero attached hydrogens (tertiary/aromatic N) is 1. The van der Waals surface area contributed by atoms with Crippen LogP contribution in [0.15, 0.2) is 23.4 Å². The van der Waals surface area contributed by atoms with Crippen molar-refractivity contribution in [3.8, 4) is 0 Å². The summed E-state index contributed by atoms with van der Waals surface area (Å²) in [6.45, 7) is 0.680. The first-order valence-electron chi connectivity index (χ1n) is 4.92. The van der Waals surface area contributed by atoms with Crippen molar-refractivity contribution in [2.45, 2.75) is 24.0 Å². The highest BCUT2D eigenvalue weighted by molar-refractivity contribution is 7.89. The Morgan fingerprint density at radius 1 is 1.53 bits per heavy atom. The number of aromatic amines is 1. The predicted molar refractivity (Wildman–Crippen MR) is 54.8 cm³/mol. The summed E-state index contributed by atoms with van der Waals surface area (Å²) in [5.41, 5.74) is 0. The summed E-state index contributed by atoms with van der Waals surface area (Å²) in [5.74, 6) is 0. The summed E-state index contributed by atoms with van der Waals surface area (Å²) < 4.78 is 25.3. The number of aliphatic hydroxyl groups is 1. The van der Waals surface area contributed by atoms with E-state index in [0.29, 0.717) is 19.4 Å². The van der Waals surface area contributed by atoms with Crippen molar-refractivity contribution in [3.63, 3.8) is 0 Å². The minimum absolute atomic E-state index is 0.191. The third-order valence-electron chi connectivity index (χ3n) is 2.55. The first-order chi connectivity index (χ1) is 7.10. The number of β-amino-alcohol motifs (C(OH)–C–C–N with tert-alkyl or cyclic N) is 1.